The molecule has 0 unspecified atom stereocenters. The van der Waals surface area contributed by atoms with Gasteiger partial charge in [-0.3, -0.25) is 4.18 Å². The molecular weight excluding hydrogens is 481 g/mol. The van der Waals surface area contributed by atoms with Gasteiger partial charge in [-0.25, -0.2) is 0 Å². The van der Waals surface area contributed by atoms with Crippen molar-refractivity contribution >= 4 is 10.1 Å². The van der Waals surface area contributed by atoms with E-state index in [1.807, 2.05) is 0 Å². The van der Waals surface area contributed by atoms with Crippen molar-refractivity contribution in [2.45, 2.75) is 49.1 Å². The fourth-order valence-electron chi connectivity index (χ4n) is 3.77. The number of halogens is 3. The maximum atomic E-state index is 13.2. The molecule has 2 heterocycles. The molecule has 12 heteroatoms. The van der Waals surface area contributed by atoms with Gasteiger partial charge in [-0.1, -0.05) is 60.7 Å². The zero-order valence-corrected chi connectivity index (χ0v) is 18.8. The van der Waals surface area contributed by atoms with Crippen LogP contribution in [0.5, 0.6) is 0 Å². The van der Waals surface area contributed by atoms with Crippen LogP contribution in [0.3, 0.4) is 0 Å². The molecule has 2 aliphatic heterocycles. The van der Waals surface area contributed by atoms with Crippen LogP contribution in [-0.4, -0.2) is 58.3 Å². The average molecular weight is 504 g/mol. The van der Waals surface area contributed by atoms with E-state index in [1.165, 1.54) is 7.11 Å². The van der Waals surface area contributed by atoms with Gasteiger partial charge in [0.25, 0.3) is 0 Å². The smallest absolute Gasteiger partial charge is 0.365 e. The molecule has 4 rings (SSSR count). The lowest BCUT2D eigenvalue weighted by Crippen LogP contribution is -2.64. The van der Waals surface area contributed by atoms with Gasteiger partial charge < -0.3 is 23.7 Å². The van der Waals surface area contributed by atoms with Crippen LogP contribution >= 0.6 is 0 Å². The number of ether oxygens (including phenoxy) is 5. The van der Waals surface area contributed by atoms with Gasteiger partial charge in [-0.05, 0) is 5.56 Å². The van der Waals surface area contributed by atoms with Crippen LogP contribution < -0.4 is 0 Å². The Kier molecular flexibility index (Phi) is 7.57. The molecule has 2 saturated heterocycles. The minimum absolute atomic E-state index is 0.0589. The van der Waals surface area contributed by atoms with Gasteiger partial charge >= 0.3 is 15.6 Å². The first kappa shape index (κ1) is 25.0. The molecule has 2 aromatic rings. The van der Waals surface area contributed by atoms with Crippen LogP contribution in [0.4, 0.5) is 13.2 Å². The molecule has 2 aliphatic rings. The zero-order valence-electron chi connectivity index (χ0n) is 18.0. The largest absolute Gasteiger partial charge is 0.523 e. The number of hydrogen-bond acceptors (Lipinski definition) is 8. The summed E-state index contributed by atoms with van der Waals surface area (Å²) in [5, 5.41) is 0. The summed E-state index contributed by atoms with van der Waals surface area (Å²) in [7, 11) is -4.73. The Morgan fingerprint density at radius 1 is 0.971 bits per heavy atom. The van der Waals surface area contributed by atoms with E-state index in [-0.39, 0.29) is 13.2 Å². The van der Waals surface area contributed by atoms with Crippen molar-refractivity contribution in [1.29, 1.82) is 0 Å². The minimum Gasteiger partial charge on any atom is -0.365 e. The second-order valence-electron chi connectivity index (χ2n) is 7.68. The van der Waals surface area contributed by atoms with Crippen molar-refractivity contribution in [1.82, 2.24) is 0 Å². The molecule has 0 spiro atoms. The highest BCUT2D eigenvalue weighted by atomic mass is 32.2. The molecule has 0 saturated carbocycles. The Morgan fingerprint density at radius 3 is 2.24 bits per heavy atom. The van der Waals surface area contributed by atoms with Gasteiger partial charge in [0.1, 0.15) is 24.4 Å². The van der Waals surface area contributed by atoms with Gasteiger partial charge in [-0.2, -0.15) is 21.6 Å². The Morgan fingerprint density at radius 2 is 1.62 bits per heavy atom. The second-order valence-corrected chi connectivity index (χ2v) is 9.24. The van der Waals surface area contributed by atoms with E-state index in [2.05, 4.69) is 0 Å². The lowest BCUT2D eigenvalue weighted by Gasteiger charge is -2.48. The van der Waals surface area contributed by atoms with Gasteiger partial charge in [0.05, 0.1) is 13.2 Å². The molecule has 0 amide bonds. The zero-order chi connectivity index (χ0) is 24.3. The fourth-order valence-corrected chi connectivity index (χ4v) is 4.39. The maximum absolute atomic E-state index is 13.2. The minimum atomic E-state index is -5.99. The van der Waals surface area contributed by atoms with E-state index in [1.54, 1.807) is 60.7 Å². The summed E-state index contributed by atoms with van der Waals surface area (Å²) in [6, 6.07) is 17.5. The van der Waals surface area contributed by atoms with Gasteiger partial charge in [-0.15, -0.1) is 0 Å². The van der Waals surface area contributed by atoms with Crippen molar-refractivity contribution in [2.75, 3.05) is 13.7 Å². The number of benzene rings is 2. The van der Waals surface area contributed by atoms with Crippen LogP contribution in [0.25, 0.3) is 0 Å². The molecule has 2 fully saturated rings. The van der Waals surface area contributed by atoms with E-state index in [0.29, 0.717) is 11.1 Å². The third-order valence-electron chi connectivity index (χ3n) is 5.39. The highest BCUT2D eigenvalue weighted by Gasteiger charge is 2.57. The predicted molar refractivity (Wildman–Crippen MR) is 111 cm³/mol. The maximum Gasteiger partial charge on any atom is 0.523 e. The standard InChI is InChI=1S/C22H23F3O8S/c1-28-21-19(29-12-14-8-4-2-5-9-14)18(33-34(26,27)22(23,24)25)17-16(31-21)13-30-20(32-17)15-10-6-3-7-11-15/h2-11,16-21H,12-13H2,1H3/t16-,17-,18+,19-,20-,21+/m1/s1. The number of hydrogen-bond donors (Lipinski definition) is 0. The SMILES string of the molecule is CO[C@H]1O[C@@H]2CO[C@@H](c3ccccc3)O[C@H]2[C@H](OS(=O)(=O)C(F)(F)F)[C@H]1OCc1ccccc1. The molecular formula is C22H23F3O8S. The summed E-state index contributed by atoms with van der Waals surface area (Å²) in [6.45, 7) is -0.155. The normalized spacial score (nSPS) is 30.0. The molecule has 0 aromatic heterocycles. The van der Waals surface area contributed by atoms with E-state index < -0.39 is 52.6 Å². The molecule has 0 bridgehead atoms. The van der Waals surface area contributed by atoms with Crippen molar-refractivity contribution in [3.8, 4) is 0 Å². The van der Waals surface area contributed by atoms with Gasteiger partial charge in [0.2, 0.25) is 0 Å². The number of methoxy groups -OCH3 is 1. The predicted octanol–water partition coefficient (Wildman–Crippen LogP) is 3.29. The summed E-state index contributed by atoms with van der Waals surface area (Å²) in [5.41, 5.74) is -4.35. The van der Waals surface area contributed by atoms with Crippen LogP contribution in [-0.2, 0) is 44.6 Å². The molecule has 6 atom stereocenters. The van der Waals surface area contributed by atoms with Crippen molar-refractivity contribution in [3.05, 3.63) is 71.8 Å². The summed E-state index contributed by atoms with van der Waals surface area (Å²) in [4.78, 5) is 0. The van der Waals surface area contributed by atoms with E-state index >= 15 is 0 Å². The quantitative estimate of drug-likeness (QED) is 0.419. The van der Waals surface area contributed by atoms with E-state index in [0.717, 1.165) is 0 Å². The Bertz CT molecular complexity index is 1030. The topological polar surface area (TPSA) is 89.5 Å². The van der Waals surface area contributed by atoms with Crippen molar-refractivity contribution < 1.29 is 49.5 Å². The van der Waals surface area contributed by atoms with E-state index in [4.69, 9.17) is 27.9 Å². The molecule has 0 radical (unpaired) electrons. The third kappa shape index (κ3) is 5.43. The second kappa shape index (κ2) is 10.3. The van der Waals surface area contributed by atoms with E-state index in [9.17, 15) is 21.6 Å². The average Bonchev–Trinajstić information content (AvgIpc) is 2.83. The van der Waals surface area contributed by atoms with Crippen LogP contribution in [0.15, 0.2) is 60.7 Å². The van der Waals surface area contributed by atoms with Crippen LogP contribution in [0.2, 0.25) is 0 Å². The lowest BCUT2D eigenvalue weighted by atomic mass is 9.97. The number of rotatable bonds is 7. The fraction of sp³-hybridized carbons (Fsp3) is 0.455. The lowest BCUT2D eigenvalue weighted by molar-refractivity contribution is -0.360. The van der Waals surface area contributed by atoms with Crippen molar-refractivity contribution in [2.24, 2.45) is 0 Å². The molecule has 2 aromatic carbocycles. The van der Waals surface area contributed by atoms with Gasteiger partial charge in [0, 0.05) is 12.7 Å². The summed E-state index contributed by atoms with van der Waals surface area (Å²) in [5.74, 6) is 0. The van der Waals surface area contributed by atoms with Crippen LogP contribution in [0, 0.1) is 0 Å². The Labute approximate surface area is 194 Å². The summed E-state index contributed by atoms with van der Waals surface area (Å²) in [6.07, 6.45) is -7.52. The molecule has 0 N–H and O–H groups in total. The number of alkyl halides is 3. The monoisotopic (exact) mass is 504 g/mol. The number of fused-ring (bicyclic) bond motifs is 1. The first-order chi connectivity index (χ1) is 16.2. The van der Waals surface area contributed by atoms with Gasteiger partial charge in [0.15, 0.2) is 12.6 Å². The summed E-state index contributed by atoms with van der Waals surface area (Å²) >= 11 is 0. The Balaban J connectivity index is 1.64. The van der Waals surface area contributed by atoms with Crippen molar-refractivity contribution in [3.63, 3.8) is 0 Å². The first-order valence-electron chi connectivity index (χ1n) is 10.3. The third-order valence-corrected chi connectivity index (χ3v) is 6.44. The molecule has 8 nitrogen and oxygen atoms in total. The Hall–Kier alpha value is -2.06. The molecule has 186 valence electrons. The first-order valence-corrected chi connectivity index (χ1v) is 11.8. The highest BCUT2D eigenvalue weighted by Crippen LogP contribution is 2.39. The summed E-state index contributed by atoms with van der Waals surface area (Å²) < 4.78 is 96.8. The highest BCUT2D eigenvalue weighted by molar-refractivity contribution is 7.87. The van der Waals surface area contributed by atoms with Crippen LogP contribution in [0.1, 0.15) is 17.4 Å². The molecule has 0 aliphatic carbocycles. The molecule has 34 heavy (non-hydrogen) atoms.